The van der Waals surface area contributed by atoms with Crippen LogP contribution in [0.2, 0.25) is 0 Å². The van der Waals surface area contributed by atoms with Gasteiger partial charge in [-0.25, -0.2) is 0 Å². The minimum atomic E-state index is 0.983. The molecule has 10 aromatic rings. The minimum absolute atomic E-state index is 0.983. The first-order valence-electron chi connectivity index (χ1n) is 16.7. The molecular weight excluding hydrogens is 611 g/mol. The molecule has 0 N–H and O–H groups in total. The number of benzene rings is 8. The van der Waals surface area contributed by atoms with E-state index in [0.717, 1.165) is 16.8 Å². The number of aromatic nitrogens is 1. The monoisotopic (exact) mass is 639 g/mol. The van der Waals surface area contributed by atoms with Gasteiger partial charge in [-0.15, -0.1) is 11.3 Å². The van der Waals surface area contributed by atoms with Crippen molar-refractivity contribution in [2.24, 2.45) is 0 Å². The minimum Gasteiger partial charge on any atom is -0.256 e. The van der Waals surface area contributed by atoms with E-state index in [0.29, 0.717) is 0 Å². The number of hydrogen-bond donors (Lipinski definition) is 0. The van der Waals surface area contributed by atoms with Crippen molar-refractivity contribution in [2.45, 2.75) is 0 Å². The summed E-state index contributed by atoms with van der Waals surface area (Å²) in [5.41, 5.74) is 9.37. The third kappa shape index (κ3) is 4.57. The van der Waals surface area contributed by atoms with Crippen LogP contribution in [0.3, 0.4) is 0 Å². The largest absolute Gasteiger partial charge is 0.256 e. The van der Waals surface area contributed by atoms with Crippen molar-refractivity contribution >= 4 is 63.8 Å². The average molecular weight is 640 g/mol. The van der Waals surface area contributed by atoms with Gasteiger partial charge in [-0.1, -0.05) is 152 Å². The fourth-order valence-electron chi connectivity index (χ4n) is 7.57. The molecule has 0 saturated carbocycles. The topological polar surface area (TPSA) is 12.9 Å². The molecule has 0 atom stereocenters. The van der Waals surface area contributed by atoms with Crippen LogP contribution < -0.4 is 0 Å². The van der Waals surface area contributed by atoms with Gasteiger partial charge in [0.2, 0.25) is 0 Å². The molecule has 2 heteroatoms. The third-order valence-corrected chi connectivity index (χ3v) is 11.1. The van der Waals surface area contributed by atoms with Crippen LogP contribution in [-0.4, -0.2) is 4.98 Å². The lowest BCUT2D eigenvalue weighted by Gasteiger charge is -2.17. The molecule has 0 fully saturated rings. The van der Waals surface area contributed by atoms with Crippen LogP contribution in [0.4, 0.5) is 0 Å². The molecule has 0 radical (unpaired) electrons. The fourth-order valence-corrected chi connectivity index (χ4v) is 8.79. The lowest BCUT2D eigenvalue weighted by Crippen LogP contribution is -1.92. The maximum atomic E-state index is 5.09. The SMILES string of the molecule is c1ccc(-c2c3ccccc3c(-c3ccc(-c4ccc(-c5ccc6sc7c8ccccc8ccc7c6c5)cc4)cn3)c3ccccc23)cc1. The molecule has 49 heavy (non-hydrogen) atoms. The molecule has 2 aromatic heterocycles. The zero-order valence-electron chi connectivity index (χ0n) is 26.6. The average Bonchev–Trinajstić information content (AvgIpc) is 3.56. The first-order chi connectivity index (χ1) is 24.3. The van der Waals surface area contributed by atoms with E-state index >= 15 is 0 Å². The second-order valence-electron chi connectivity index (χ2n) is 12.7. The summed E-state index contributed by atoms with van der Waals surface area (Å²) < 4.78 is 2.69. The fraction of sp³-hybridized carbons (Fsp3) is 0. The van der Waals surface area contributed by atoms with Crippen LogP contribution >= 0.6 is 11.3 Å². The summed E-state index contributed by atoms with van der Waals surface area (Å²) in [4.78, 5) is 5.09. The Balaban J connectivity index is 1.02. The van der Waals surface area contributed by atoms with Crippen molar-refractivity contribution in [2.75, 3.05) is 0 Å². The van der Waals surface area contributed by atoms with Crippen molar-refractivity contribution < 1.29 is 0 Å². The van der Waals surface area contributed by atoms with E-state index < -0.39 is 0 Å². The zero-order chi connectivity index (χ0) is 32.3. The van der Waals surface area contributed by atoms with E-state index in [1.165, 1.54) is 80.3 Å². The van der Waals surface area contributed by atoms with Crippen LogP contribution in [0.1, 0.15) is 0 Å². The molecule has 0 aliphatic carbocycles. The molecule has 0 spiro atoms. The Morgan fingerprint density at radius 3 is 1.59 bits per heavy atom. The molecule has 0 aliphatic heterocycles. The van der Waals surface area contributed by atoms with Gasteiger partial charge in [0.1, 0.15) is 0 Å². The Kier molecular flexibility index (Phi) is 6.43. The van der Waals surface area contributed by atoms with Crippen molar-refractivity contribution in [1.29, 1.82) is 0 Å². The van der Waals surface area contributed by atoms with Gasteiger partial charge in [0.25, 0.3) is 0 Å². The summed E-state index contributed by atoms with van der Waals surface area (Å²) in [6, 6.07) is 61.6. The molecule has 0 aliphatic rings. The number of pyridine rings is 1. The molecule has 10 rings (SSSR count). The van der Waals surface area contributed by atoms with Crippen LogP contribution in [0.5, 0.6) is 0 Å². The maximum absolute atomic E-state index is 5.09. The van der Waals surface area contributed by atoms with Crippen LogP contribution in [0, 0.1) is 0 Å². The molecule has 0 bridgehead atoms. The number of nitrogens with zero attached hydrogens (tertiary/aromatic N) is 1. The normalized spacial score (nSPS) is 11.7. The highest BCUT2D eigenvalue weighted by Gasteiger charge is 2.17. The highest BCUT2D eigenvalue weighted by atomic mass is 32.1. The first kappa shape index (κ1) is 28.0. The summed E-state index contributed by atoms with van der Waals surface area (Å²) in [6.07, 6.45) is 2.02. The Morgan fingerprint density at radius 1 is 0.347 bits per heavy atom. The van der Waals surface area contributed by atoms with E-state index in [4.69, 9.17) is 4.98 Å². The summed E-state index contributed by atoms with van der Waals surface area (Å²) >= 11 is 1.89. The van der Waals surface area contributed by atoms with Crippen molar-refractivity contribution in [3.63, 3.8) is 0 Å². The van der Waals surface area contributed by atoms with Gasteiger partial charge in [0.05, 0.1) is 5.69 Å². The van der Waals surface area contributed by atoms with Gasteiger partial charge < -0.3 is 0 Å². The molecule has 0 unspecified atom stereocenters. The van der Waals surface area contributed by atoms with Gasteiger partial charge in [0.15, 0.2) is 0 Å². The number of fused-ring (bicyclic) bond motifs is 7. The quantitative estimate of drug-likeness (QED) is 0.175. The van der Waals surface area contributed by atoms with Gasteiger partial charge in [0, 0.05) is 37.5 Å². The predicted molar refractivity (Wildman–Crippen MR) is 211 cm³/mol. The third-order valence-electron chi connectivity index (χ3n) is 9.93. The second-order valence-corrected chi connectivity index (χ2v) is 13.7. The lowest BCUT2D eigenvalue weighted by molar-refractivity contribution is 1.34. The van der Waals surface area contributed by atoms with Crippen molar-refractivity contribution in [1.82, 2.24) is 4.98 Å². The van der Waals surface area contributed by atoms with E-state index in [2.05, 4.69) is 170 Å². The Labute approximate surface area is 288 Å². The van der Waals surface area contributed by atoms with Gasteiger partial charge in [-0.2, -0.15) is 0 Å². The maximum Gasteiger partial charge on any atom is 0.0714 e. The van der Waals surface area contributed by atoms with E-state index in [1.54, 1.807) is 0 Å². The molecule has 228 valence electrons. The summed E-state index contributed by atoms with van der Waals surface area (Å²) in [6.45, 7) is 0. The van der Waals surface area contributed by atoms with Crippen molar-refractivity contribution in [3.8, 4) is 44.6 Å². The van der Waals surface area contributed by atoms with Gasteiger partial charge >= 0.3 is 0 Å². The standard InChI is InChI=1S/C47H29NS/c1-2-11-33(12-3-1)45-37-14-6-8-16-39(37)46(40-17-9-7-15-38(40)45)43-26-23-35(29-48-43)31-20-18-30(19-21-31)34-24-27-44-42(28-34)41-25-22-32-10-4-5-13-36(32)47(41)49-44/h1-29H. The lowest BCUT2D eigenvalue weighted by atomic mass is 9.87. The number of rotatable bonds is 4. The summed E-state index contributed by atoms with van der Waals surface area (Å²) in [5, 5.41) is 10.2. The molecule has 0 saturated heterocycles. The van der Waals surface area contributed by atoms with Crippen molar-refractivity contribution in [3.05, 3.63) is 176 Å². The zero-order valence-corrected chi connectivity index (χ0v) is 27.4. The molecule has 8 aromatic carbocycles. The van der Waals surface area contributed by atoms with Gasteiger partial charge in [-0.05, 0) is 78.3 Å². The second kappa shape index (κ2) is 11.3. The predicted octanol–water partition coefficient (Wildman–Crippen LogP) is 13.6. The highest BCUT2D eigenvalue weighted by molar-refractivity contribution is 7.26. The van der Waals surface area contributed by atoms with Crippen LogP contribution in [0.15, 0.2) is 176 Å². The summed E-state index contributed by atoms with van der Waals surface area (Å²) in [7, 11) is 0. The first-order valence-corrected chi connectivity index (χ1v) is 17.5. The number of hydrogen-bond acceptors (Lipinski definition) is 2. The Hall–Kier alpha value is -6.09. The van der Waals surface area contributed by atoms with Crippen LogP contribution in [0.25, 0.3) is 97.1 Å². The molecule has 2 heterocycles. The van der Waals surface area contributed by atoms with E-state index in [9.17, 15) is 0 Å². The molecule has 1 nitrogen and oxygen atoms in total. The number of thiophene rings is 1. The smallest absolute Gasteiger partial charge is 0.0714 e. The van der Waals surface area contributed by atoms with Crippen LogP contribution in [-0.2, 0) is 0 Å². The van der Waals surface area contributed by atoms with E-state index in [1.807, 2.05) is 17.5 Å². The highest BCUT2D eigenvalue weighted by Crippen LogP contribution is 2.44. The molecular formula is C47H29NS. The van der Waals surface area contributed by atoms with Gasteiger partial charge in [-0.3, -0.25) is 4.98 Å². The Morgan fingerprint density at radius 2 is 0.918 bits per heavy atom. The molecule has 0 amide bonds. The summed E-state index contributed by atoms with van der Waals surface area (Å²) in [5.74, 6) is 0. The van der Waals surface area contributed by atoms with E-state index in [-0.39, 0.29) is 0 Å². The Bertz CT molecular complexity index is 2790.